The van der Waals surface area contributed by atoms with Gasteiger partial charge in [0.05, 0.1) is 12.1 Å². The molecular formula is C16H21F3N2O2. The summed E-state index contributed by atoms with van der Waals surface area (Å²) in [5.41, 5.74) is -0.437. The van der Waals surface area contributed by atoms with Crippen LogP contribution in [0.15, 0.2) is 12.1 Å². The third-order valence-corrected chi connectivity index (χ3v) is 4.44. The van der Waals surface area contributed by atoms with E-state index in [0.29, 0.717) is 44.6 Å². The molecule has 0 radical (unpaired) electrons. The fourth-order valence-electron chi connectivity index (χ4n) is 3.03. The minimum Gasteiger partial charge on any atom is -0.381 e. The Labute approximate surface area is 133 Å². The summed E-state index contributed by atoms with van der Waals surface area (Å²) in [7, 11) is 0. The van der Waals surface area contributed by atoms with Crippen LogP contribution in [0.25, 0.3) is 0 Å². The van der Waals surface area contributed by atoms with E-state index in [4.69, 9.17) is 9.47 Å². The van der Waals surface area contributed by atoms with Gasteiger partial charge in [0.15, 0.2) is 0 Å². The van der Waals surface area contributed by atoms with E-state index in [-0.39, 0.29) is 5.54 Å². The van der Waals surface area contributed by atoms with E-state index in [1.807, 2.05) is 6.92 Å². The maximum atomic E-state index is 13.0. The quantitative estimate of drug-likeness (QED) is 0.920. The molecule has 0 saturated carbocycles. The molecule has 0 aromatic carbocycles. The SMILES string of the molecule is CC1(Nc2nc(C(F)(F)F)ccc2CC2CCOC2)CCOC1. The van der Waals surface area contributed by atoms with Gasteiger partial charge in [-0.2, -0.15) is 13.2 Å². The molecule has 1 aromatic heterocycles. The standard InChI is InChI=1S/C16H21F3N2O2/c1-15(5-7-23-10-15)21-14-12(8-11-4-6-22-9-11)2-3-13(20-14)16(17,18)19/h2-3,11H,4-10H2,1H3,(H,20,21). The van der Waals surface area contributed by atoms with Crippen molar-refractivity contribution in [3.8, 4) is 0 Å². The molecule has 2 unspecified atom stereocenters. The number of nitrogens with one attached hydrogen (secondary N) is 1. The second kappa shape index (κ2) is 6.28. The number of hydrogen-bond acceptors (Lipinski definition) is 4. The average molecular weight is 330 g/mol. The van der Waals surface area contributed by atoms with Crippen LogP contribution in [0.3, 0.4) is 0 Å². The van der Waals surface area contributed by atoms with Crippen molar-refractivity contribution in [3.05, 3.63) is 23.4 Å². The number of alkyl halides is 3. The van der Waals surface area contributed by atoms with Gasteiger partial charge < -0.3 is 14.8 Å². The molecule has 3 heterocycles. The number of pyridine rings is 1. The van der Waals surface area contributed by atoms with E-state index >= 15 is 0 Å². The molecule has 0 aliphatic carbocycles. The molecule has 0 bridgehead atoms. The van der Waals surface area contributed by atoms with Gasteiger partial charge in [0.1, 0.15) is 11.5 Å². The van der Waals surface area contributed by atoms with Crippen molar-refractivity contribution in [1.82, 2.24) is 4.98 Å². The molecule has 2 aliphatic rings. The number of aromatic nitrogens is 1. The molecule has 128 valence electrons. The van der Waals surface area contributed by atoms with Gasteiger partial charge in [-0.3, -0.25) is 0 Å². The zero-order valence-corrected chi connectivity index (χ0v) is 13.1. The lowest BCUT2D eigenvalue weighted by molar-refractivity contribution is -0.141. The zero-order chi connectivity index (χ0) is 16.5. The summed E-state index contributed by atoms with van der Waals surface area (Å²) in [6.07, 6.45) is -2.10. The summed E-state index contributed by atoms with van der Waals surface area (Å²) in [5, 5.41) is 3.20. The van der Waals surface area contributed by atoms with Crippen LogP contribution < -0.4 is 5.32 Å². The van der Waals surface area contributed by atoms with Crippen molar-refractivity contribution in [3.63, 3.8) is 0 Å². The molecular weight excluding hydrogens is 309 g/mol. The van der Waals surface area contributed by atoms with Gasteiger partial charge >= 0.3 is 6.18 Å². The highest BCUT2D eigenvalue weighted by Gasteiger charge is 2.35. The number of ether oxygens (including phenoxy) is 2. The third-order valence-electron chi connectivity index (χ3n) is 4.44. The predicted molar refractivity (Wildman–Crippen MR) is 79.3 cm³/mol. The molecule has 23 heavy (non-hydrogen) atoms. The Hall–Kier alpha value is -1.34. The van der Waals surface area contributed by atoms with Gasteiger partial charge in [0, 0.05) is 19.8 Å². The van der Waals surface area contributed by atoms with Crippen molar-refractivity contribution < 1.29 is 22.6 Å². The van der Waals surface area contributed by atoms with Crippen LogP contribution in [0.2, 0.25) is 0 Å². The molecule has 2 fully saturated rings. The molecule has 0 amide bonds. The van der Waals surface area contributed by atoms with Gasteiger partial charge in [-0.25, -0.2) is 4.98 Å². The second-order valence-corrected chi connectivity index (χ2v) is 6.62. The van der Waals surface area contributed by atoms with Crippen molar-refractivity contribution in [1.29, 1.82) is 0 Å². The van der Waals surface area contributed by atoms with Crippen LogP contribution >= 0.6 is 0 Å². The normalized spacial score (nSPS) is 28.3. The van der Waals surface area contributed by atoms with E-state index in [1.165, 1.54) is 6.07 Å². The fourth-order valence-corrected chi connectivity index (χ4v) is 3.03. The monoisotopic (exact) mass is 330 g/mol. The first kappa shape index (κ1) is 16.5. The molecule has 1 aromatic rings. The molecule has 0 spiro atoms. The van der Waals surface area contributed by atoms with Crippen LogP contribution in [-0.2, 0) is 22.1 Å². The van der Waals surface area contributed by atoms with Crippen molar-refractivity contribution in [2.24, 2.45) is 5.92 Å². The Morgan fingerprint density at radius 3 is 2.74 bits per heavy atom. The maximum absolute atomic E-state index is 13.0. The largest absolute Gasteiger partial charge is 0.433 e. The van der Waals surface area contributed by atoms with Gasteiger partial charge in [0.25, 0.3) is 0 Å². The summed E-state index contributed by atoms with van der Waals surface area (Å²) in [5.74, 6) is 0.654. The van der Waals surface area contributed by atoms with E-state index < -0.39 is 11.9 Å². The van der Waals surface area contributed by atoms with E-state index in [0.717, 1.165) is 24.5 Å². The second-order valence-electron chi connectivity index (χ2n) is 6.62. The number of hydrogen-bond donors (Lipinski definition) is 1. The first-order chi connectivity index (χ1) is 10.9. The van der Waals surface area contributed by atoms with Crippen molar-refractivity contribution >= 4 is 5.82 Å². The molecule has 7 heteroatoms. The topological polar surface area (TPSA) is 43.4 Å². The van der Waals surface area contributed by atoms with Crippen LogP contribution in [0, 0.1) is 5.92 Å². The number of anilines is 1. The highest BCUT2D eigenvalue weighted by molar-refractivity contribution is 5.48. The number of halogens is 3. The summed E-state index contributed by atoms with van der Waals surface area (Å²) in [6.45, 7) is 4.39. The lowest BCUT2D eigenvalue weighted by atomic mass is 9.97. The van der Waals surface area contributed by atoms with Crippen LogP contribution in [-0.4, -0.2) is 37.0 Å². The Morgan fingerprint density at radius 1 is 1.30 bits per heavy atom. The minimum atomic E-state index is -4.45. The lowest BCUT2D eigenvalue weighted by Crippen LogP contribution is -2.36. The summed E-state index contributed by atoms with van der Waals surface area (Å²) < 4.78 is 49.7. The van der Waals surface area contributed by atoms with Crippen molar-refractivity contribution in [2.45, 2.75) is 37.9 Å². The number of rotatable bonds is 4. The third kappa shape index (κ3) is 3.95. The van der Waals surface area contributed by atoms with Crippen molar-refractivity contribution in [2.75, 3.05) is 31.7 Å². The van der Waals surface area contributed by atoms with Crippen LogP contribution in [0.1, 0.15) is 31.0 Å². The predicted octanol–water partition coefficient (Wildman–Crippen LogP) is 3.27. The zero-order valence-electron chi connectivity index (χ0n) is 13.1. The van der Waals surface area contributed by atoms with Crippen LogP contribution in [0.4, 0.5) is 19.0 Å². The lowest BCUT2D eigenvalue weighted by Gasteiger charge is -2.26. The van der Waals surface area contributed by atoms with Crippen LogP contribution in [0.5, 0.6) is 0 Å². The first-order valence-corrected chi connectivity index (χ1v) is 7.86. The average Bonchev–Trinajstić information content (AvgIpc) is 3.11. The smallest absolute Gasteiger partial charge is 0.381 e. The van der Waals surface area contributed by atoms with E-state index in [2.05, 4.69) is 10.3 Å². The molecule has 2 aliphatic heterocycles. The first-order valence-electron chi connectivity index (χ1n) is 7.86. The van der Waals surface area contributed by atoms with Gasteiger partial charge in [-0.15, -0.1) is 0 Å². The minimum absolute atomic E-state index is 0.319. The van der Waals surface area contributed by atoms with Gasteiger partial charge in [0.2, 0.25) is 0 Å². The maximum Gasteiger partial charge on any atom is 0.433 e. The molecule has 1 N–H and O–H groups in total. The Bertz CT molecular complexity index is 551. The molecule has 4 nitrogen and oxygen atoms in total. The summed E-state index contributed by atoms with van der Waals surface area (Å²) in [6, 6.07) is 2.60. The van der Waals surface area contributed by atoms with E-state index in [9.17, 15) is 13.2 Å². The Kier molecular flexibility index (Phi) is 4.51. The molecule has 2 saturated heterocycles. The molecule has 2 atom stereocenters. The summed E-state index contributed by atoms with van der Waals surface area (Å²) >= 11 is 0. The highest BCUT2D eigenvalue weighted by atomic mass is 19.4. The summed E-state index contributed by atoms with van der Waals surface area (Å²) in [4.78, 5) is 3.86. The van der Waals surface area contributed by atoms with Gasteiger partial charge in [-0.1, -0.05) is 6.07 Å². The van der Waals surface area contributed by atoms with E-state index in [1.54, 1.807) is 0 Å². The highest BCUT2D eigenvalue weighted by Crippen LogP contribution is 2.33. The number of nitrogens with zero attached hydrogens (tertiary/aromatic N) is 1. The Balaban J connectivity index is 1.87. The fraction of sp³-hybridized carbons (Fsp3) is 0.688. The molecule has 3 rings (SSSR count). The Morgan fingerprint density at radius 2 is 2.13 bits per heavy atom. The van der Waals surface area contributed by atoms with Gasteiger partial charge in [-0.05, 0) is 43.7 Å².